The SMILES string of the molecule is O=C(NNC(=O)c1cc2c(s1)CCCCCC2)c1ccc(S(=O)(=O)N2CCOCC2)cc1. The van der Waals surface area contributed by atoms with E-state index in [4.69, 9.17) is 4.74 Å². The number of benzene rings is 1. The van der Waals surface area contributed by atoms with Crippen LogP contribution < -0.4 is 10.9 Å². The van der Waals surface area contributed by atoms with Crippen molar-refractivity contribution in [3.8, 4) is 0 Å². The second-order valence-electron chi connectivity index (χ2n) is 7.92. The third kappa shape index (κ3) is 5.20. The molecule has 1 aromatic carbocycles. The maximum Gasteiger partial charge on any atom is 0.279 e. The number of hydrogen-bond donors (Lipinski definition) is 2. The Balaban J connectivity index is 1.36. The molecule has 1 saturated heterocycles. The van der Waals surface area contributed by atoms with Gasteiger partial charge in [0, 0.05) is 23.5 Å². The van der Waals surface area contributed by atoms with Gasteiger partial charge >= 0.3 is 0 Å². The molecule has 32 heavy (non-hydrogen) atoms. The number of nitrogens with one attached hydrogen (secondary N) is 2. The molecule has 172 valence electrons. The molecule has 2 heterocycles. The summed E-state index contributed by atoms with van der Waals surface area (Å²) in [7, 11) is -3.62. The summed E-state index contributed by atoms with van der Waals surface area (Å²) in [4.78, 5) is 26.9. The Morgan fingerprint density at radius 1 is 0.906 bits per heavy atom. The predicted octanol–water partition coefficient (Wildman–Crippen LogP) is 2.50. The molecular weight excluding hydrogens is 450 g/mol. The molecule has 0 saturated carbocycles. The van der Waals surface area contributed by atoms with Gasteiger partial charge in [0.2, 0.25) is 10.0 Å². The van der Waals surface area contributed by atoms with Gasteiger partial charge in [-0.05, 0) is 61.6 Å². The summed E-state index contributed by atoms with van der Waals surface area (Å²) in [5.74, 6) is -0.856. The van der Waals surface area contributed by atoms with Gasteiger partial charge in [0.15, 0.2) is 0 Å². The summed E-state index contributed by atoms with van der Waals surface area (Å²) in [5.41, 5.74) is 6.37. The van der Waals surface area contributed by atoms with Crippen LogP contribution in [-0.4, -0.2) is 50.8 Å². The maximum atomic E-state index is 12.7. The van der Waals surface area contributed by atoms with Gasteiger partial charge in [0.05, 0.1) is 23.0 Å². The van der Waals surface area contributed by atoms with Crippen LogP contribution in [0.2, 0.25) is 0 Å². The Hall–Kier alpha value is -2.27. The highest BCUT2D eigenvalue weighted by Gasteiger charge is 2.26. The molecule has 10 heteroatoms. The van der Waals surface area contributed by atoms with Crippen LogP contribution in [0.5, 0.6) is 0 Å². The molecule has 4 rings (SSSR count). The van der Waals surface area contributed by atoms with Crippen LogP contribution in [0.25, 0.3) is 0 Å². The maximum absolute atomic E-state index is 12.7. The molecule has 0 radical (unpaired) electrons. The van der Waals surface area contributed by atoms with Gasteiger partial charge in [-0.2, -0.15) is 4.31 Å². The van der Waals surface area contributed by atoms with E-state index in [1.165, 1.54) is 63.2 Å². The first-order valence-corrected chi connectivity index (χ1v) is 13.1. The molecule has 1 aliphatic carbocycles. The van der Waals surface area contributed by atoms with Crippen molar-refractivity contribution in [1.29, 1.82) is 0 Å². The molecule has 1 aromatic heterocycles. The normalized spacial score (nSPS) is 17.6. The number of fused-ring (bicyclic) bond motifs is 1. The van der Waals surface area contributed by atoms with Crippen molar-refractivity contribution < 1.29 is 22.7 Å². The lowest BCUT2D eigenvalue weighted by Gasteiger charge is -2.26. The molecule has 1 fully saturated rings. The summed E-state index contributed by atoms with van der Waals surface area (Å²) in [6, 6.07) is 7.61. The molecule has 0 bridgehead atoms. The van der Waals surface area contributed by atoms with Crippen LogP contribution >= 0.6 is 11.3 Å². The molecule has 2 aliphatic rings. The van der Waals surface area contributed by atoms with E-state index in [1.54, 1.807) is 0 Å². The van der Waals surface area contributed by atoms with Crippen molar-refractivity contribution in [2.75, 3.05) is 26.3 Å². The van der Waals surface area contributed by atoms with Gasteiger partial charge < -0.3 is 4.74 Å². The molecule has 0 unspecified atom stereocenters. The van der Waals surface area contributed by atoms with Gasteiger partial charge in [-0.1, -0.05) is 12.8 Å². The predicted molar refractivity (Wildman–Crippen MR) is 121 cm³/mol. The Labute approximate surface area is 192 Å². The summed E-state index contributed by atoms with van der Waals surface area (Å²) in [5, 5.41) is 0. The van der Waals surface area contributed by atoms with Crippen molar-refractivity contribution in [2.24, 2.45) is 0 Å². The first kappa shape index (κ1) is 22.9. The average Bonchev–Trinajstić information content (AvgIpc) is 3.19. The van der Waals surface area contributed by atoms with Crippen LogP contribution in [0.4, 0.5) is 0 Å². The number of thiophene rings is 1. The first-order chi connectivity index (χ1) is 15.4. The number of aryl methyl sites for hydroxylation is 2. The molecule has 8 nitrogen and oxygen atoms in total. The summed E-state index contributed by atoms with van der Waals surface area (Å²) in [6.45, 7) is 1.35. The minimum absolute atomic E-state index is 0.121. The largest absolute Gasteiger partial charge is 0.379 e. The van der Waals surface area contributed by atoms with E-state index in [2.05, 4.69) is 10.9 Å². The van der Waals surface area contributed by atoms with E-state index in [-0.39, 0.29) is 16.4 Å². The lowest BCUT2D eigenvalue weighted by atomic mass is 10.00. The number of carbonyl (C=O) groups excluding carboxylic acids is 2. The van der Waals surface area contributed by atoms with Crippen LogP contribution in [-0.2, 0) is 27.6 Å². The highest BCUT2D eigenvalue weighted by atomic mass is 32.2. The molecule has 0 spiro atoms. The minimum Gasteiger partial charge on any atom is -0.379 e. The van der Waals surface area contributed by atoms with Crippen molar-refractivity contribution in [2.45, 2.75) is 43.4 Å². The van der Waals surface area contributed by atoms with Crippen LogP contribution in [0.3, 0.4) is 0 Å². The monoisotopic (exact) mass is 477 g/mol. The third-order valence-electron chi connectivity index (χ3n) is 5.73. The molecule has 2 aromatic rings. The number of carbonyl (C=O) groups is 2. The van der Waals surface area contributed by atoms with Crippen molar-refractivity contribution >= 4 is 33.2 Å². The van der Waals surface area contributed by atoms with E-state index in [1.807, 2.05) is 6.07 Å². The summed E-state index contributed by atoms with van der Waals surface area (Å²) in [6.07, 6.45) is 6.72. The number of rotatable bonds is 4. The first-order valence-electron chi connectivity index (χ1n) is 10.9. The quantitative estimate of drug-likeness (QED) is 0.659. The zero-order valence-corrected chi connectivity index (χ0v) is 19.4. The Kier molecular flexibility index (Phi) is 7.24. The second kappa shape index (κ2) is 10.1. The summed E-state index contributed by atoms with van der Waals surface area (Å²) < 4.78 is 31.9. The number of amides is 2. The van der Waals surface area contributed by atoms with Crippen molar-refractivity contribution in [1.82, 2.24) is 15.2 Å². The number of nitrogens with zero attached hydrogens (tertiary/aromatic N) is 1. The Morgan fingerprint density at radius 2 is 1.56 bits per heavy atom. The lowest BCUT2D eigenvalue weighted by molar-refractivity contribution is 0.0730. The van der Waals surface area contributed by atoms with Gasteiger partial charge in [0.1, 0.15) is 0 Å². The van der Waals surface area contributed by atoms with E-state index in [0.29, 0.717) is 31.2 Å². The van der Waals surface area contributed by atoms with Gasteiger partial charge in [-0.25, -0.2) is 8.42 Å². The highest BCUT2D eigenvalue weighted by Crippen LogP contribution is 2.28. The lowest BCUT2D eigenvalue weighted by Crippen LogP contribution is -2.41. The van der Waals surface area contributed by atoms with Crippen LogP contribution in [0, 0.1) is 0 Å². The molecular formula is C22H27N3O5S2. The smallest absolute Gasteiger partial charge is 0.279 e. The second-order valence-corrected chi connectivity index (χ2v) is 11.0. The fourth-order valence-electron chi connectivity index (χ4n) is 3.92. The van der Waals surface area contributed by atoms with Crippen LogP contribution in [0.15, 0.2) is 35.2 Å². The van der Waals surface area contributed by atoms with Gasteiger partial charge in [0.25, 0.3) is 11.8 Å². The van der Waals surface area contributed by atoms with Gasteiger partial charge in [-0.15, -0.1) is 11.3 Å². The Bertz CT molecular complexity index is 1050. The zero-order chi connectivity index (χ0) is 22.6. The molecule has 0 atom stereocenters. The molecule has 1 aliphatic heterocycles. The third-order valence-corrected chi connectivity index (χ3v) is 8.88. The Morgan fingerprint density at radius 3 is 2.28 bits per heavy atom. The topological polar surface area (TPSA) is 105 Å². The summed E-state index contributed by atoms with van der Waals surface area (Å²) >= 11 is 1.49. The minimum atomic E-state index is -3.62. The number of morpholine rings is 1. The molecule has 2 amide bonds. The highest BCUT2D eigenvalue weighted by molar-refractivity contribution is 7.89. The average molecular weight is 478 g/mol. The number of hydrazine groups is 1. The van der Waals surface area contributed by atoms with Crippen molar-refractivity contribution in [3.63, 3.8) is 0 Å². The number of hydrogen-bond acceptors (Lipinski definition) is 6. The van der Waals surface area contributed by atoms with Gasteiger partial charge in [-0.3, -0.25) is 20.4 Å². The fourth-order valence-corrected chi connectivity index (χ4v) is 6.47. The fraction of sp³-hybridized carbons (Fsp3) is 0.455. The number of ether oxygens (including phenoxy) is 1. The van der Waals surface area contributed by atoms with Crippen LogP contribution in [0.1, 0.15) is 56.2 Å². The van der Waals surface area contributed by atoms with E-state index >= 15 is 0 Å². The molecule has 2 N–H and O–H groups in total. The van der Waals surface area contributed by atoms with E-state index in [0.717, 1.165) is 25.7 Å². The van der Waals surface area contributed by atoms with E-state index in [9.17, 15) is 18.0 Å². The van der Waals surface area contributed by atoms with Crippen molar-refractivity contribution in [3.05, 3.63) is 51.2 Å². The standard InChI is InChI=1S/C22H27N3O5S2/c26-21(16-7-9-18(10-8-16)32(28,29)25-11-13-30-14-12-25)23-24-22(27)20-15-17-5-3-1-2-4-6-19(17)31-20/h7-10,15H,1-6,11-14H2,(H,23,26)(H,24,27). The number of sulfonamides is 1. The zero-order valence-electron chi connectivity index (χ0n) is 17.8. The van der Waals surface area contributed by atoms with E-state index < -0.39 is 15.9 Å².